The van der Waals surface area contributed by atoms with E-state index in [9.17, 15) is 10.2 Å². The zero-order valence-corrected chi connectivity index (χ0v) is 15.0. The molecule has 0 spiro atoms. The highest BCUT2D eigenvalue weighted by Crippen LogP contribution is 2.63. The van der Waals surface area contributed by atoms with Crippen LogP contribution in [0.2, 0.25) is 0 Å². The first-order valence-electron chi connectivity index (χ1n) is 10.1. The molecule has 2 heterocycles. The molecule has 26 heavy (non-hydrogen) atoms. The van der Waals surface area contributed by atoms with Crippen LogP contribution in [0.15, 0.2) is 36.8 Å². The van der Waals surface area contributed by atoms with Crippen molar-refractivity contribution < 1.29 is 10.2 Å². The van der Waals surface area contributed by atoms with Gasteiger partial charge in [0.1, 0.15) is 0 Å². The van der Waals surface area contributed by atoms with Crippen molar-refractivity contribution >= 4 is 0 Å². The van der Waals surface area contributed by atoms with Gasteiger partial charge < -0.3 is 14.8 Å². The molecule has 2 unspecified atom stereocenters. The second-order valence-electron chi connectivity index (χ2n) is 9.59. The van der Waals surface area contributed by atoms with Gasteiger partial charge in [0.05, 0.1) is 36.0 Å². The number of imidazole rings is 1. The molecular weight excluding hydrogens is 324 g/mol. The number of aliphatic hydroxyl groups excluding tert-OH is 1. The summed E-state index contributed by atoms with van der Waals surface area (Å²) >= 11 is 0. The Labute approximate surface area is 153 Å². The van der Waals surface area contributed by atoms with Gasteiger partial charge in [-0.2, -0.15) is 0 Å². The van der Waals surface area contributed by atoms with Crippen LogP contribution in [0.4, 0.5) is 0 Å². The van der Waals surface area contributed by atoms with Crippen LogP contribution in [0, 0.1) is 17.3 Å². The predicted octanol–water partition coefficient (Wildman–Crippen LogP) is 3.54. The molecule has 0 radical (unpaired) electrons. The maximum absolute atomic E-state index is 11.4. The largest absolute Gasteiger partial charge is 0.392 e. The van der Waals surface area contributed by atoms with Gasteiger partial charge in [0.15, 0.2) is 0 Å². The van der Waals surface area contributed by atoms with Gasteiger partial charge in [0.2, 0.25) is 0 Å². The summed E-state index contributed by atoms with van der Waals surface area (Å²) in [5, 5.41) is 22.5. The molecule has 0 saturated heterocycles. The molecule has 1 aliphatic heterocycles. The summed E-state index contributed by atoms with van der Waals surface area (Å²) in [6.07, 6.45) is 10.3. The lowest BCUT2D eigenvalue weighted by Gasteiger charge is -2.61. The van der Waals surface area contributed by atoms with E-state index in [2.05, 4.69) is 33.8 Å². The van der Waals surface area contributed by atoms with Crippen molar-refractivity contribution in [2.75, 3.05) is 0 Å². The van der Waals surface area contributed by atoms with Crippen molar-refractivity contribution in [1.29, 1.82) is 0 Å². The third kappa shape index (κ3) is 2.00. The smallest absolute Gasteiger partial charge is 0.0956 e. The molecule has 1 aromatic carbocycles. The Morgan fingerprint density at radius 3 is 2.69 bits per heavy atom. The molecule has 136 valence electrons. The minimum Gasteiger partial charge on any atom is -0.392 e. The third-order valence-electron chi connectivity index (χ3n) is 7.83. The van der Waals surface area contributed by atoms with Crippen molar-refractivity contribution in [2.45, 2.75) is 62.7 Å². The molecule has 4 bridgehead atoms. The Hall–Kier alpha value is -1.65. The monoisotopic (exact) mass is 350 g/mol. The zero-order chi connectivity index (χ0) is 17.5. The van der Waals surface area contributed by atoms with Crippen molar-refractivity contribution in [3.8, 4) is 11.3 Å². The SMILES string of the molecule is O[C@@H](C[C@@H]1c2ccccc2-c2cncn21)C12CC3CC(CC(O)(C3)C1)C2. The molecule has 7 rings (SSSR count). The van der Waals surface area contributed by atoms with Crippen LogP contribution in [-0.4, -0.2) is 31.5 Å². The number of rotatable bonds is 3. The molecule has 4 saturated carbocycles. The average molecular weight is 350 g/mol. The summed E-state index contributed by atoms with van der Waals surface area (Å²) in [6.45, 7) is 0. The summed E-state index contributed by atoms with van der Waals surface area (Å²) in [6, 6.07) is 8.66. The fourth-order valence-electron chi connectivity index (χ4n) is 7.31. The van der Waals surface area contributed by atoms with E-state index in [0.29, 0.717) is 11.8 Å². The van der Waals surface area contributed by atoms with Crippen LogP contribution in [0.5, 0.6) is 0 Å². The molecule has 5 aliphatic rings. The van der Waals surface area contributed by atoms with Gasteiger partial charge in [0, 0.05) is 5.56 Å². The summed E-state index contributed by atoms with van der Waals surface area (Å²) in [4.78, 5) is 4.34. The van der Waals surface area contributed by atoms with Crippen LogP contribution < -0.4 is 0 Å². The van der Waals surface area contributed by atoms with Gasteiger partial charge in [-0.3, -0.25) is 0 Å². The van der Waals surface area contributed by atoms with E-state index >= 15 is 0 Å². The number of aromatic nitrogens is 2. The zero-order valence-electron chi connectivity index (χ0n) is 15.0. The van der Waals surface area contributed by atoms with Gasteiger partial charge in [-0.25, -0.2) is 4.98 Å². The third-order valence-corrected chi connectivity index (χ3v) is 7.83. The van der Waals surface area contributed by atoms with E-state index in [-0.39, 0.29) is 17.6 Å². The topological polar surface area (TPSA) is 58.3 Å². The quantitative estimate of drug-likeness (QED) is 0.890. The molecular formula is C22H26N2O2. The van der Waals surface area contributed by atoms with E-state index in [0.717, 1.165) is 44.2 Å². The molecule has 4 atom stereocenters. The van der Waals surface area contributed by atoms with Crippen molar-refractivity contribution in [2.24, 2.45) is 17.3 Å². The predicted molar refractivity (Wildman–Crippen MR) is 98.5 cm³/mol. The number of nitrogens with zero attached hydrogens (tertiary/aromatic N) is 2. The Morgan fingerprint density at radius 2 is 1.92 bits per heavy atom. The van der Waals surface area contributed by atoms with Crippen molar-refractivity contribution in [3.63, 3.8) is 0 Å². The standard InChI is InChI=1S/C22H26N2O2/c25-20(21-7-14-5-15(8-21)10-22(26,9-14)12-21)6-18-16-3-1-2-4-17(16)19-11-23-13-24(18)19/h1-4,11,13-15,18,20,25-26H,5-10,12H2/t14?,15?,18-,20+,21?,22?/m1/s1. The highest BCUT2D eigenvalue weighted by molar-refractivity contribution is 5.68. The van der Waals surface area contributed by atoms with Crippen LogP contribution in [-0.2, 0) is 0 Å². The van der Waals surface area contributed by atoms with Gasteiger partial charge in [0.25, 0.3) is 0 Å². The first kappa shape index (κ1) is 15.4. The molecule has 4 fully saturated rings. The maximum Gasteiger partial charge on any atom is 0.0956 e. The van der Waals surface area contributed by atoms with Crippen molar-refractivity contribution in [1.82, 2.24) is 9.55 Å². The lowest BCUT2D eigenvalue weighted by molar-refractivity contribution is -0.197. The van der Waals surface area contributed by atoms with Crippen LogP contribution in [0.3, 0.4) is 0 Å². The van der Waals surface area contributed by atoms with E-state index in [1.807, 2.05) is 12.5 Å². The molecule has 2 N–H and O–H groups in total. The number of benzene rings is 1. The van der Waals surface area contributed by atoms with Gasteiger partial charge in [-0.05, 0) is 67.8 Å². The minimum atomic E-state index is -0.515. The van der Waals surface area contributed by atoms with E-state index < -0.39 is 5.60 Å². The second kappa shape index (κ2) is 4.99. The Morgan fingerprint density at radius 1 is 1.15 bits per heavy atom. The number of fused-ring (bicyclic) bond motifs is 3. The number of aliphatic hydroxyl groups is 2. The van der Waals surface area contributed by atoms with E-state index in [1.54, 1.807) is 0 Å². The first-order valence-corrected chi connectivity index (χ1v) is 10.1. The van der Waals surface area contributed by atoms with Crippen LogP contribution in [0.1, 0.15) is 56.6 Å². The van der Waals surface area contributed by atoms with Gasteiger partial charge in [-0.15, -0.1) is 0 Å². The lowest BCUT2D eigenvalue weighted by atomic mass is 9.46. The average Bonchev–Trinajstić information content (AvgIpc) is 3.15. The number of hydrogen-bond acceptors (Lipinski definition) is 3. The molecule has 0 amide bonds. The van der Waals surface area contributed by atoms with Crippen LogP contribution in [0.25, 0.3) is 11.3 Å². The van der Waals surface area contributed by atoms with Gasteiger partial charge >= 0.3 is 0 Å². The fourth-order valence-corrected chi connectivity index (χ4v) is 7.31. The minimum absolute atomic E-state index is 0.0862. The molecule has 4 nitrogen and oxygen atoms in total. The second-order valence-corrected chi connectivity index (χ2v) is 9.59. The maximum atomic E-state index is 11.4. The van der Waals surface area contributed by atoms with Gasteiger partial charge in [-0.1, -0.05) is 24.3 Å². The summed E-state index contributed by atoms with van der Waals surface area (Å²) < 4.78 is 2.23. The molecule has 2 aromatic rings. The Bertz CT molecular complexity index is 859. The highest BCUT2D eigenvalue weighted by atomic mass is 16.3. The van der Waals surface area contributed by atoms with E-state index in [1.165, 1.54) is 17.5 Å². The summed E-state index contributed by atoms with van der Waals surface area (Å²) in [5.74, 6) is 1.21. The fraction of sp³-hybridized carbons (Fsp3) is 0.591. The molecule has 4 aliphatic carbocycles. The Balaban J connectivity index is 1.34. The molecule has 4 heteroatoms. The number of hydrogen-bond donors (Lipinski definition) is 2. The van der Waals surface area contributed by atoms with Crippen molar-refractivity contribution in [3.05, 3.63) is 42.4 Å². The first-order chi connectivity index (χ1) is 12.6. The summed E-state index contributed by atoms with van der Waals surface area (Å²) in [7, 11) is 0. The highest BCUT2D eigenvalue weighted by Gasteiger charge is 2.59. The molecule has 1 aromatic heterocycles. The normalized spacial score (nSPS) is 40.5. The van der Waals surface area contributed by atoms with Crippen LogP contribution >= 0.6 is 0 Å². The lowest BCUT2D eigenvalue weighted by Crippen LogP contribution is -2.59. The Kier molecular flexibility index (Phi) is 2.96. The van der Waals surface area contributed by atoms with E-state index in [4.69, 9.17) is 0 Å². The summed E-state index contributed by atoms with van der Waals surface area (Å²) in [5.41, 5.74) is 3.09.